The summed E-state index contributed by atoms with van der Waals surface area (Å²) in [5.41, 5.74) is 0. The normalized spacial score (nSPS) is 19.3. The van der Waals surface area contributed by atoms with Crippen LogP contribution in [0, 0.1) is 5.92 Å². The van der Waals surface area contributed by atoms with Crippen molar-refractivity contribution in [3.05, 3.63) is 0 Å². The first-order valence-electron chi connectivity index (χ1n) is 7.09. The summed E-state index contributed by atoms with van der Waals surface area (Å²) in [6, 6.07) is -1.37. The standard InChI is InChI=1S/C14H21NO8/c1-20-10(16)7-8(13(18)21-2)11(14(19)22-3)15-12(17)9-5-4-6-23-9/h8-9,11H,4-7H2,1-3H3,(H,15,17)/t8-,9-,11+/m0/s1. The summed E-state index contributed by atoms with van der Waals surface area (Å²) in [6.45, 7) is 0.448. The molecule has 0 bridgehead atoms. The Bertz CT molecular complexity index is 458. The summed E-state index contributed by atoms with van der Waals surface area (Å²) in [6.07, 6.45) is 0.108. The Kier molecular flexibility index (Phi) is 7.46. The molecule has 1 heterocycles. The van der Waals surface area contributed by atoms with Gasteiger partial charge in [-0.2, -0.15) is 0 Å². The summed E-state index contributed by atoms with van der Waals surface area (Å²) in [4.78, 5) is 47.5. The number of ether oxygens (including phenoxy) is 4. The molecule has 1 aliphatic rings. The molecule has 3 atom stereocenters. The van der Waals surface area contributed by atoms with Gasteiger partial charge in [0.05, 0.1) is 33.7 Å². The maximum atomic E-state index is 12.1. The molecule has 23 heavy (non-hydrogen) atoms. The van der Waals surface area contributed by atoms with Gasteiger partial charge in [0.2, 0.25) is 5.91 Å². The van der Waals surface area contributed by atoms with Crippen molar-refractivity contribution in [2.75, 3.05) is 27.9 Å². The van der Waals surface area contributed by atoms with Crippen LogP contribution in [0.1, 0.15) is 19.3 Å². The lowest BCUT2D eigenvalue weighted by atomic mass is 9.95. The van der Waals surface area contributed by atoms with Crippen LogP contribution in [0.4, 0.5) is 0 Å². The van der Waals surface area contributed by atoms with Crippen LogP contribution in [0.25, 0.3) is 0 Å². The van der Waals surface area contributed by atoms with Gasteiger partial charge in [0.25, 0.3) is 0 Å². The average Bonchev–Trinajstić information content (AvgIpc) is 3.10. The van der Waals surface area contributed by atoms with Gasteiger partial charge in [0.1, 0.15) is 12.1 Å². The molecule has 9 nitrogen and oxygen atoms in total. The molecule has 0 radical (unpaired) electrons. The first kappa shape index (κ1) is 18.9. The largest absolute Gasteiger partial charge is 0.469 e. The van der Waals surface area contributed by atoms with Crippen molar-refractivity contribution >= 4 is 23.8 Å². The van der Waals surface area contributed by atoms with Gasteiger partial charge in [-0.1, -0.05) is 0 Å². The Hall–Kier alpha value is -2.16. The number of methoxy groups -OCH3 is 3. The molecule has 0 aliphatic carbocycles. The zero-order valence-electron chi connectivity index (χ0n) is 13.3. The van der Waals surface area contributed by atoms with E-state index in [0.717, 1.165) is 27.8 Å². The molecule has 1 fully saturated rings. The van der Waals surface area contributed by atoms with Gasteiger partial charge in [-0.15, -0.1) is 0 Å². The molecule has 9 heteroatoms. The third-order valence-corrected chi connectivity index (χ3v) is 3.50. The van der Waals surface area contributed by atoms with E-state index in [1.54, 1.807) is 0 Å². The molecule has 0 saturated carbocycles. The second-order valence-corrected chi connectivity index (χ2v) is 4.92. The topological polar surface area (TPSA) is 117 Å². The van der Waals surface area contributed by atoms with Crippen LogP contribution in [-0.2, 0) is 38.1 Å². The highest BCUT2D eigenvalue weighted by Crippen LogP contribution is 2.17. The molecule has 1 rings (SSSR count). The summed E-state index contributed by atoms with van der Waals surface area (Å²) in [7, 11) is 3.37. The van der Waals surface area contributed by atoms with E-state index in [9.17, 15) is 19.2 Å². The van der Waals surface area contributed by atoms with Crippen molar-refractivity contribution < 1.29 is 38.1 Å². The third kappa shape index (κ3) is 5.20. The van der Waals surface area contributed by atoms with E-state index in [0.29, 0.717) is 13.0 Å². The van der Waals surface area contributed by atoms with Gasteiger partial charge in [-0.05, 0) is 12.8 Å². The van der Waals surface area contributed by atoms with Gasteiger partial charge in [-0.25, -0.2) is 4.79 Å². The van der Waals surface area contributed by atoms with Crippen LogP contribution < -0.4 is 5.32 Å². The van der Waals surface area contributed by atoms with Crippen LogP contribution in [0.15, 0.2) is 0 Å². The van der Waals surface area contributed by atoms with Crippen molar-refractivity contribution in [3.63, 3.8) is 0 Å². The van der Waals surface area contributed by atoms with E-state index in [-0.39, 0.29) is 0 Å². The van der Waals surface area contributed by atoms with E-state index in [2.05, 4.69) is 19.5 Å². The molecule has 1 amide bonds. The van der Waals surface area contributed by atoms with Gasteiger partial charge in [0.15, 0.2) is 0 Å². The van der Waals surface area contributed by atoms with Gasteiger partial charge < -0.3 is 24.3 Å². The fourth-order valence-electron chi connectivity index (χ4n) is 2.23. The number of nitrogens with one attached hydrogen (secondary N) is 1. The fraction of sp³-hybridized carbons (Fsp3) is 0.714. The number of carbonyl (C=O) groups is 4. The molecule has 0 aromatic carbocycles. The average molecular weight is 331 g/mol. The van der Waals surface area contributed by atoms with E-state index in [1.165, 1.54) is 0 Å². The zero-order valence-corrected chi connectivity index (χ0v) is 13.3. The molecule has 1 N–H and O–H groups in total. The van der Waals surface area contributed by atoms with Crippen molar-refractivity contribution in [1.82, 2.24) is 5.32 Å². The van der Waals surface area contributed by atoms with Crippen molar-refractivity contribution in [2.24, 2.45) is 5.92 Å². The molecule has 0 unspecified atom stereocenters. The Morgan fingerprint density at radius 2 is 1.74 bits per heavy atom. The van der Waals surface area contributed by atoms with Crippen LogP contribution >= 0.6 is 0 Å². The van der Waals surface area contributed by atoms with E-state index >= 15 is 0 Å². The first-order chi connectivity index (χ1) is 10.9. The maximum absolute atomic E-state index is 12.1. The minimum absolute atomic E-state index is 0.436. The molecule has 0 aromatic heterocycles. The highest BCUT2D eigenvalue weighted by atomic mass is 16.5. The number of esters is 3. The maximum Gasteiger partial charge on any atom is 0.329 e. The molecular weight excluding hydrogens is 310 g/mol. The summed E-state index contributed by atoms with van der Waals surface area (Å²) < 4.78 is 18.9. The molecule has 1 aliphatic heterocycles. The number of hydrogen-bond donors (Lipinski definition) is 1. The summed E-state index contributed by atoms with van der Waals surface area (Å²) in [5, 5.41) is 2.41. The van der Waals surface area contributed by atoms with Gasteiger partial charge in [-0.3, -0.25) is 14.4 Å². The minimum atomic E-state index is -1.37. The molecule has 1 saturated heterocycles. The number of hydrogen-bond acceptors (Lipinski definition) is 8. The summed E-state index contributed by atoms with van der Waals surface area (Å²) >= 11 is 0. The number of amides is 1. The lowest BCUT2D eigenvalue weighted by molar-refractivity contribution is -0.160. The monoisotopic (exact) mass is 331 g/mol. The van der Waals surface area contributed by atoms with E-state index < -0.39 is 48.3 Å². The van der Waals surface area contributed by atoms with Crippen molar-refractivity contribution in [2.45, 2.75) is 31.4 Å². The van der Waals surface area contributed by atoms with Crippen molar-refractivity contribution in [1.29, 1.82) is 0 Å². The Balaban J connectivity index is 2.93. The highest BCUT2D eigenvalue weighted by Gasteiger charge is 2.40. The van der Waals surface area contributed by atoms with Crippen LogP contribution in [-0.4, -0.2) is 63.9 Å². The molecule has 0 aromatic rings. The lowest BCUT2D eigenvalue weighted by Crippen LogP contribution is -2.52. The second-order valence-electron chi connectivity index (χ2n) is 4.92. The van der Waals surface area contributed by atoms with Gasteiger partial charge in [0, 0.05) is 6.61 Å². The first-order valence-corrected chi connectivity index (χ1v) is 7.09. The third-order valence-electron chi connectivity index (χ3n) is 3.50. The SMILES string of the molecule is COC(=O)C[C@H](C(=O)OC)[C@@H](NC(=O)[C@@H]1CCCO1)C(=O)OC. The lowest BCUT2D eigenvalue weighted by Gasteiger charge is -2.24. The van der Waals surface area contributed by atoms with Crippen LogP contribution in [0.3, 0.4) is 0 Å². The second kappa shape index (κ2) is 9.09. The highest BCUT2D eigenvalue weighted by molar-refractivity contribution is 5.92. The van der Waals surface area contributed by atoms with E-state index in [4.69, 9.17) is 4.74 Å². The van der Waals surface area contributed by atoms with Crippen LogP contribution in [0.2, 0.25) is 0 Å². The number of rotatable bonds is 7. The van der Waals surface area contributed by atoms with Crippen LogP contribution in [0.5, 0.6) is 0 Å². The predicted molar refractivity (Wildman–Crippen MR) is 75.1 cm³/mol. The zero-order chi connectivity index (χ0) is 17.4. The Morgan fingerprint density at radius 1 is 1.09 bits per heavy atom. The Labute approximate surface area is 133 Å². The van der Waals surface area contributed by atoms with Crippen molar-refractivity contribution in [3.8, 4) is 0 Å². The van der Waals surface area contributed by atoms with E-state index in [1.807, 2.05) is 0 Å². The quantitative estimate of drug-likeness (QED) is 0.475. The summed E-state index contributed by atoms with van der Waals surface area (Å²) in [5.74, 6) is -4.23. The number of carbonyl (C=O) groups excluding carboxylic acids is 4. The molecule has 0 spiro atoms. The Morgan fingerprint density at radius 3 is 2.22 bits per heavy atom. The van der Waals surface area contributed by atoms with Gasteiger partial charge >= 0.3 is 17.9 Å². The minimum Gasteiger partial charge on any atom is -0.469 e. The molecule has 130 valence electrons. The smallest absolute Gasteiger partial charge is 0.329 e. The fourth-order valence-corrected chi connectivity index (χ4v) is 2.23. The molecular formula is C14H21NO8. The predicted octanol–water partition coefficient (Wildman–Crippen LogP) is -0.824.